The van der Waals surface area contributed by atoms with Crippen LogP contribution in [0, 0.1) is 0 Å². The molecule has 2 aromatic rings. The molecular formula is C18H20F3N3O3. The molecule has 1 saturated heterocycles. The van der Waals surface area contributed by atoms with E-state index in [9.17, 15) is 23.1 Å². The van der Waals surface area contributed by atoms with Crippen LogP contribution in [0.15, 0.2) is 28.9 Å². The van der Waals surface area contributed by atoms with Crippen LogP contribution in [0.4, 0.5) is 19.0 Å². The maximum Gasteiger partial charge on any atom is 0.417 e. The number of Topliss-reactive ketones (excluding diaryl/α,β-unsaturated/α-hetero) is 1. The predicted octanol–water partition coefficient (Wildman–Crippen LogP) is 2.75. The summed E-state index contributed by atoms with van der Waals surface area (Å²) in [5, 5.41) is 13.3. The minimum absolute atomic E-state index is 0.0241. The van der Waals surface area contributed by atoms with Gasteiger partial charge in [-0.1, -0.05) is 19.0 Å². The maximum absolute atomic E-state index is 12.6. The number of aliphatic hydroxyl groups excluding tert-OH is 1. The molecule has 0 radical (unpaired) electrons. The first-order valence-electron chi connectivity index (χ1n) is 8.51. The number of carbonyl (C=O) groups excluding carboxylic acids is 1. The average molecular weight is 383 g/mol. The van der Waals surface area contributed by atoms with Gasteiger partial charge in [-0.3, -0.25) is 4.79 Å². The molecule has 1 fully saturated rings. The van der Waals surface area contributed by atoms with Crippen molar-refractivity contribution in [3.05, 3.63) is 41.4 Å². The number of nitrogens with zero attached hydrogens (tertiary/aromatic N) is 3. The van der Waals surface area contributed by atoms with Gasteiger partial charge in [0.2, 0.25) is 0 Å². The molecule has 0 saturated carbocycles. The molecule has 6 nitrogen and oxygen atoms in total. The van der Waals surface area contributed by atoms with Gasteiger partial charge in [-0.15, -0.1) is 0 Å². The van der Waals surface area contributed by atoms with Crippen molar-refractivity contribution in [2.45, 2.75) is 44.3 Å². The Morgan fingerprint density at radius 1 is 1.37 bits per heavy atom. The van der Waals surface area contributed by atoms with Crippen LogP contribution < -0.4 is 4.90 Å². The minimum Gasteiger partial charge on any atom is -0.395 e. The highest BCUT2D eigenvalue weighted by atomic mass is 19.4. The zero-order valence-corrected chi connectivity index (χ0v) is 15.0. The quantitative estimate of drug-likeness (QED) is 0.826. The summed E-state index contributed by atoms with van der Waals surface area (Å²) in [4.78, 5) is 18.1. The Hall–Kier alpha value is -2.42. The lowest BCUT2D eigenvalue weighted by Gasteiger charge is -2.40. The van der Waals surface area contributed by atoms with Crippen LogP contribution in [-0.2, 0) is 22.8 Å². The van der Waals surface area contributed by atoms with Crippen LogP contribution in [0.3, 0.4) is 0 Å². The van der Waals surface area contributed by atoms with Crippen molar-refractivity contribution >= 4 is 11.6 Å². The number of ketones is 1. The number of rotatable bonds is 6. The molecule has 9 heteroatoms. The second kappa shape index (κ2) is 6.95. The fourth-order valence-corrected chi connectivity index (χ4v) is 2.81. The lowest BCUT2D eigenvalue weighted by Crippen LogP contribution is -2.53. The first kappa shape index (κ1) is 19.3. The number of hydrogen-bond donors (Lipinski definition) is 1. The van der Waals surface area contributed by atoms with E-state index < -0.39 is 23.2 Å². The van der Waals surface area contributed by atoms with Gasteiger partial charge in [0.05, 0.1) is 30.3 Å². The van der Waals surface area contributed by atoms with E-state index in [1.54, 1.807) is 24.8 Å². The van der Waals surface area contributed by atoms with Crippen LogP contribution in [0.2, 0.25) is 0 Å². The fraction of sp³-hybridized carbons (Fsp3) is 0.500. The Morgan fingerprint density at radius 3 is 2.63 bits per heavy atom. The van der Waals surface area contributed by atoms with E-state index in [1.165, 1.54) is 6.07 Å². The lowest BCUT2D eigenvalue weighted by molar-refractivity contribution is -0.137. The monoisotopic (exact) mass is 383 g/mol. The molecular weight excluding hydrogens is 363 g/mol. The van der Waals surface area contributed by atoms with Gasteiger partial charge in [-0.05, 0) is 18.6 Å². The number of aromatic nitrogens is 2. The van der Waals surface area contributed by atoms with Crippen LogP contribution in [0.25, 0.3) is 0 Å². The Bertz CT molecular complexity index is 815. The molecule has 3 heterocycles. The van der Waals surface area contributed by atoms with E-state index in [-0.39, 0.29) is 18.8 Å². The third kappa shape index (κ3) is 3.97. The van der Waals surface area contributed by atoms with Crippen molar-refractivity contribution < 1.29 is 27.6 Å². The van der Waals surface area contributed by atoms with Crippen LogP contribution in [0.5, 0.6) is 0 Å². The van der Waals surface area contributed by atoms with Crippen LogP contribution >= 0.6 is 0 Å². The Labute approximate surface area is 154 Å². The first-order valence-corrected chi connectivity index (χ1v) is 8.51. The number of anilines is 1. The molecule has 0 unspecified atom stereocenters. The number of aliphatic hydroxyl groups is 1. The smallest absolute Gasteiger partial charge is 0.395 e. The van der Waals surface area contributed by atoms with E-state index in [2.05, 4.69) is 10.1 Å². The summed E-state index contributed by atoms with van der Waals surface area (Å²) in [6, 6.07) is 3.43. The summed E-state index contributed by atoms with van der Waals surface area (Å²) in [6.07, 6.45) is -3.04. The summed E-state index contributed by atoms with van der Waals surface area (Å²) in [5.41, 5.74) is -0.838. The molecule has 146 valence electrons. The first-order chi connectivity index (χ1) is 12.6. The Morgan fingerprint density at radius 2 is 2.11 bits per heavy atom. The predicted molar refractivity (Wildman–Crippen MR) is 90.3 cm³/mol. The third-order valence-corrected chi connectivity index (χ3v) is 4.76. The summed E-state index contributed by atoms with van der Waals surface area (Å²) in [6.45, 7) is 4.05. The molecule has 0 aliphatic carbocycles. The molecule has 1 N–H and O–H groups in total. The van der Waals surface area contributed by atoms with Gasteiger partial charge < -0.3 is 14.5 Å². The highest BCUT2D eigenvalue weighted by Gasteiger charge is 2.36. The van der Waals surface area contributed by atoms with Crippen molar-refractivity contribution in [3.8, 4) is 0 Å². The zero-order valence-electron chi connectivity index (χ0n) is 15.0. The van der Waals surface area contributed by atoms with Gasteiger partial charge in [0.1, 0.15) is 11.6 Å². The Kier molecular flexibility index (Phi) is 4.98. The highest BCUT2D eigenvalue weighted by Crippen LogP contribution is 2.32. The van der Waals surface area contributed by atoms with Gasteiger partial charge in [0, 0.05) is 24.2 Å². The normalized spacial score (nSPS) is 17.7. The van der Waals surface area contributed by atoms with Gasteiger partial charge in [0.15, 0.2) is 5.78 Å². The Balaban J connectivity index is 1.66. The van der Waals surface area contributed by atoms with E-state index in [1.807, 2.05) is 0 Å². The summed E-state index contributed by atoms with van der Waals surface area (Å²) in [7, 11) is 0. The van der Waals surface area contributed by atoms with Crippen molar-refractivity contribution in [1.82, 2.24) is 10.1 Å². The minimum atomic E-state index is -4.44. The molecule has 0 spiro atoms. The molecule has 1 atom stereocenters. The van der Waals surface area contributed by atoms with E-state index in [0.717, 1.165) is 12.3 Å². The van der Waals surface area contributed by atoms with E-state index in [4.69, 9.17) is 4.52 Å². The zero-order chi connectivity index (χ0) is 19.8. The third-order valence-electron chi connectivity index (χ3n) is 4.76. The molecule has 0 bridgehead atoms. The number of carbonyl (C=O) groups is 1. The molecule has 2 aromatic heterocycles. The summed E-state index contributed by atoms with van der Waals surface area (Å²) < 4.78 is 43.1. The van der Waals surface area contributed by atoms with Crippen molar-refractivity contribution in [2.24, 2.45) is 0 Å². The lowest BCUT2D eigenvalue weighted by atomic mass is 9.90. The molecule has 1 aliphatic rings. The molecule has 27 heavy (non-hydrogen) atoms. The maximum atomic E-state index is 12.6. The van der Waals surface area contributed by atoms with Crippen molar-refractivity contribution in [2.75, 3.05) is 18.1 Å². The molecule has 1 aliphatic heterocycles. The second-order valence-electron chi connectivity index (χ2n) is 7.26. The average Bonchev–Trinajstić information content (AvgIpc) is 3.02. The van der Waals surface area contributed by atoms with E-state index in [0.29, 0.717) is 30.2 Å². The van der Waals surface area contributed by atoms with Crippen LogP contribution in [0.1, 0.15) is 37.3 Å². The van der Waals surface area contributed by atoms with Gasteiger partial charge in [-0.25, -0.2) is 4.98 Å². The number of pyridine rings is 1. The van der Waals surface area contributed by atoms with Gasteiger partial charge >= 0.3 is 6.18 Å². The van der Waals surface area contributed by atoms with Gasteiger partial charge in [-0.2, -0.15) is 13.2 Å². The number of halogens is 3. The number of alkyl halides is 3. The summed E-state index contributed by atoms with van der Waals surface area (Å²) >= 11 is 0. The molecule has 0 amide bonds. The van der Waals surface area contributed by atoms with E-state index >= 15 is 0 Å². The second-order valence-corrected chi connectivity index (χ2v) is 7.26. The topological polar surface area (TPSA) is 79.5 Å². The highest BCUT2D eigenvalue weighted by molar-refractivity contribution is 5.90. The SMILES string of the molecule is CC(C)(CO)c1cc(CC(=O)[C@@H]2CCN2c2ccc(C(F)(F)F)cn2)on1. The van der Waals surface area contributed by atoms with Gasteiger partial charge in [0.25, 0.3) is 0 Å². The largest absolute Gasteiger partial charge is 0.417 e. The van der Waals surface area contributed by atoms with Crippen molar-refractivity contribution in [3.63, 3.8) is 0 Å². The fourth-order valence-electron chi connectivity index (χ4n) is 2.81. The standard InChI is InChI=1S/C18H20F3N3O3/c1-17(2,10-25)15-8-12(27-23-15)7-14(26)13-5-6-24(13)16-4-3-11(9-22-16)18(19,20)21/h3-4,8-9,13,25H,5-7,10H2,1-2H3/t13-/m0/s1. The molecule has 3 rings (SSSR count). The number of hydrogen-bond acceptors (Lipinski definition) is 6. The van der Waals surface area contributed by atoms with Crippen molar-refractivity contribution in [1.29, 1.82) is 0 Å². The molecule has 0 aromatic carbocycles. The summed E-state index contributed by atoms with van der Waals surface area (Å²) in [5.74, 6) is 0.614. The van der Waals surface area contributed by atoms with Crippen LogP contribution in [-0.4, -0.2) is 40.2 Å².